The summed E-state index contributed by atoms with van der Waals surface area (Å²) in [5.74, 6) is -1.10. The minimum absolute atomic E-state index is 0.0235. The predicted molar refractivity (Wildman–Crippen MR) is 220 cm³/mol. The lowest BCUT2D eigenvalue weighted by molar-refractivity contribution is -0.137. The molecule has 1 aromatic heterocycles. The molecule has 58 heavy (non-hydrogen) atoms. The Hall–Kier alpha value is -6.75. The van der Waals surface area contributed by atoms with Crippen LogP contribution in [0.5, 0.6) is 28.7 Å². The second-order valence-electron chi connectivity index (χ2n) is 15.1. The summed E-state index contributed by atoms with van der Waals surface area (Å²) in [5.41, 5.74) is 1.35. The van der Waals surface area contributed by atoms with Crippen molar-refractivity contribution in [2.45, 2.75) is 72.5 Å². The van der Waals surface area contributed by atoms with Crippen molar-refractivity contribution in [2.75, 3.05) is 0 Å². The zero-order chi connectivity index (χ0) is 41.2. The molecule has 6 aromatic rings. The Morgan fingerprint density at radius 2 is 1.28 bits per heavy atom. The quantitative estimate of drug-likeness (QED) is 0.0967. The van der Waals surface area contributed by atoms with Gasteiger partial charge in [0.2, 0.25) is 11.2 Å². The van der Waals surface area contributed by atoms with E-state index >= 15 is 0 Å². The number of ether oxygens (including phenoxy) is 5. The Kier molecular flexibility index (Phi) is 13.0. The molecule has 0 bridgehead atoms. The normalized spacial score (nSPS) is 11.8. The molecule has 2 N–H and O–H groups in total. The largest absolute Gasteiger partial charge is 0.507 e. The zero-order valence-electron chi connectivity index (χ0n) is 33.2. The molecule has 11 nitrogen and oxygen atoms in total. The third kappa shape index (κ3) is 11.0. The van der Waals surface area contributed by atoms with Crippen molar-refractivity contribution >= 4 is 23.0 Å². The number of carbonyl (C=O) groups is 2. The van der Waals surface area contributed by atoms with Crippen LogP contribution in [0.3, 0.4) is 0 Å². The SMILES string of the molecule is CC(C)C[C@H](NC(=O)OC(C)(C)C)C(=O)Oc1c(-c2ccc(OCc3ccccc3)c(OCc3ccccc3)c2)oc2cc(OCc3ccccc3)cc(O)c2c1=O. The first kappa shape index (κ1) is 40.9. The van der Waals surface area contributed by atoms with Gasteiger partial charge < -0.3 is 38.5 Å². The molecule has 0 fully saturated rings. The Labute approximate surface area is 337 Å². The van der Waals surface area contributed by atoms with Crippen molar-refractivity contribution in [3.8, 4) is 40.1 Å². The molecular weight excluding hydrogens is 739 g/mol. The zero-order valence-corrected chi connectivity index (χ0v) is 33.2. The van der Waals surface area contributed by atoms with Gasteiger partial charge in [-0.15, -0.1) is 0 Å². The Morgan fingerprint density at radius 1 is 0.724 bits per heavy atom. The van der Waals surface area contributed by atoms with Crippen molar-refractivity contribution < 1.29 is 42.8 Å². The smallest absolute Gasteiger partial charge is 0.408 e. The molecule has 0 unspecified atom stereocenters. The summed E-state index contributed by atoms with van der Waals surface area (Å²) in [6.07, 6.45) is -0.655. The average molecular weight is 786 g/mol. The van der Waals surface area contributed by atoms with Crippen LogP contribution in [-0.2, 0) is 29.4 Å². The predicted octanol–water partition coefficient (Wildman–Crippen LogP) is 9.75. The summed E-state index contributed by atoms with van der Waals surface area (Å²) in [7, 11) is 0. The lowest BCUT2D eigenvalue weighted by Gasteiger charge is -2.24. The Bertz CT molecular complexity index is 2390. The number of hydrogen-bond donors (Lipinski definition) is 2. The summed E-state index contributed by atoms with van der Waals surface area (Å²) < 4.78 is 36.2. The van der Waals surface area contributed by atoms with Gasteiger partial charge in [-0.25, -0.2) is 9.59 Å². The molecule has 0 saturated heterocycles. The fraction of sp³-hybridized carbons (Fsp3) is 0.255. The van der Waals surface area contributed by atoms with E-state index in [1.54, 1.807) is 39.0 Å². The molecule has 0 spiro atoms. The number of aromatic hydroxyl groups is 1. The lowest BCUT2D eigenvalue weighted by atomic mass is 10.0. The van der Waals surface area contributed by atoms with Gasteiger partial charge in [-0.1, -0.05) is 105 Å². The minimum atomic E-state index is -1.20. The number of nitrogens with one attached hydrogen (secondary N) is 1. The van der Waals surface area contributed by atoms with E-state index in [1.807, 2.05) is 105 Å². The number of carbonyl (C=O) groups excluding carboxylic acids is 2. The van der Waals surface area contributed by atoms with Gasteiger partial charge in [-0.3, -0.25) is 4.79 Å². The minimum Gasteiger partial charge on any atom is -0.507 e. The summed E-state index contributed by atoms with van der Waals surface area (Å²) in [4.78, 5) is 41.3. The fourth-order valence-corrected chi connectivity index (χ4v) is 6.02. The van der Waals surface area contributed by atoms with Crippen LogP contribution >= 0.6 is 0 Å². The average Bonchev–Trinajstić information content (AvgIpc) is 3.19. The third-order valence-electron chi connectivity index (χ3n) is 8.72. The van der Waals surface area contributed by atoms with Gasteiger partial charge in [0.25, 0.3) is 0 Å². The van der Waals surface area contributed by atoms with Crippen LogP contribution in [0.4, 0.5) is 4.79 Å². The van der Waals surface area contributed by atoms with Crippen molar-refractivity contribution in [3.05, 3.63) is 148 Å². The maximum absolute atomic E-state index is 14.4. The first-order valence-corrected chi connectivity index (χ1v) is 19.0. The van der Waals surface area contributed by atoms with E-state index in [4.69, 9.17) is 28.1 Å². The highest BCUT2D eigenvalue weighted by Gasteiger charge is 2.30. The van der Waals surface area contributed by atoms with E-state index in [9.17, 15) is 19.5 Å². The molecule has 11 heteroatoms. The van der Waals surface area contributed by atoms with E-state index < -0.39 is 40.6 Å². The molecule has 0 saturated carbocycles. The van der Waals surface area contributed by atoms with E-state index in [0.717, 1.165) is 16.7 Å². The molecule has 0 radical (unpaired) electrons. The lowest BCUT2D eigenvalue weighted by Crippen LogP contribution is -2.46. The highest BCUT2D eigenvalue weighted by atomic mass is 16.6. The highest BCUT2D eigenvalue weighted by Crippen LogP contribution is 2.40. The molecule has 1 amide bonds. The maximum Gasteiger partial charge on any atom is 0.408 e. The number of fused-ring (bicyclic) bond motifs is 1. The monoisotopic (exact) mass is 785 g/mol. The second-order valence-corrected chi connectivity index (χ2v) is 15.1. The van der Waals surface area contributed by atoms with Crippen LogP contribution < -0.4 is 29.7 Å². The maximum atomic E-state index is 14.4. The molecule has 0 aliphatic rings. The molecule has 6 rings (SSSR count). The second kappa shape index (κ2) is 18.5. The van der Waals surface area contributed by atoms with Crippen molar-refractivity contribution in [3.63, 3.8) is 0 Å². The third-order valence-corrected chi connectivity index (χ3v) is 8.72. The molecule has 1 heterocycles. The van der Waals surface area contributed by atoms with Gasteiger partial charge in [0, 0.05) is 17.7 Å². The number of phenols is 1. The molecule has 0 aliphatic carbocycles. The van der Waals surface area contributed by atoms with Crippen LogP contribution in [-0.4, -0.2) is 28.8 Å². The van der Waals surface area contributed by atoms with E-state index in [1.165, 1.54) is 12.1 Å². The Morgan fingerprint density at radius 3 is 1.83 bits per heavy atom. The number of alkyl carbamates (subject to hydrolysis) is 1. The molecule has 0 aliphatic heterocycles. The van der Waals surface area contributed by atoms with E-state index in [2.05, 4.69) is 5.32 Å². The van der Waals surface area contributed by atoms with Crippen molar-refractivity contribution in [1.29, 1.82) is 0 Å². The molecule has 1 atom stereocenters. The summed E-state index contributed by atoms with van der Waals surface area (Å²) in [6, 6.07) is 35.2. The first-order valence-electron chi connectivity index (χ1n) is 19.0. The van der Waals surface area contributed by atoms with Gasteiger partial charge in [-0.05, 0) is 68.0 Å². The van der Waals surface area contributed by atoms with Gasteiger partial charge in [0.05, 0.1) is 0 Å². The van der Waals surface area contributed by atoms with Crippen molar-refractivity contribution in [2.24, 2.45) is 5.92 Å². The van der Waals surface area contributed by atoms with E-state index in [0.29, 0.717) is 17.1 Å². The first-order chi connectivity index (χ1) is 27.8. The van der Waals surface area contributed by atoms with Crippen LogP contribution in [0, 0.1) is 5.92 Å². The van der Waals surface area contributed by atoms with Crippen LogP contribution in [0.2, 0.25) is 0 Å². The van der Waals surface area contributed by atoms with Gasteiger partial charge in [0.15, 0.2) is 17.3 Å². The summed E-state index contributed by atoms with van der Waals surface area (Å²) in [5, 5.41) is 13.6. The highest BCUT2D eigenvalue weighted by molar-refractivity contribution is 5.90. The van der Waals surface area contributed by atoms with E-state index in [-0.39, 0.29) is 54.6 Å². The summed E-state index contributed by atoms with van der Waals surface area (Å²) >= 11 is 0. The van der Waals surface area contributed by atoms with Crippen LogP contribution in [0.25, 0.3) is 22.3 Å². The van der Waals surface area contributed by atoms with Crippen LogP contribution in [0.15, 0.2) is 131 Å². The topological polar surface area (TPSA) is 143 Å². The van der Waals surface area contributed by atoms with Gasteiger partial charge in [-0.2, -0.15) is 0 Å². The number of amides is 1. The standard InChI is InChI=1S/C47H47NO10/c1-30(2)23-36(48-46(52)58-47(3,4)5)45(51)57-44-42(50)41-37(49)25-35(53-27-31-15-9-6-10-16-31)26-40(41)56-43(44)34-21-22-38(54-28-32-17-11-7-12-18-32)39(24-34)55-29-33-19-13-8-14-20-33/h6-22,24-26,30,36,49H,23,27-29H2,1-5H3,(H,48,52)/t36-/m0/s1. The Balaban J connectivity index is 1.44. The number of hydrogen-bond acceptors (Lipinski definition) is 10. The van der Waals surface area contributed by atoms with Crippen molar-refractivity contribution in [1.82, 2.24) is 5.32 Å². The summed E-state index contributed by atoms with van der Waals surface area (Å²) in [6.45, 7) is 9.50. The number of phenolic OH excluding ortho intramolecular Hbond substituents is 1. The molecule has 5 aromatic carbocycles. The van der Waals surface area contributed by atoms with Gasteiger partial charge >= 0.3 is 12.1 Å². The molecule has 300 valence electrons. The van der Waals surface area contributed by atoms with Gasteiger partial charge in [0.1, 0.15) is 53.9 Å². The number of benzene rings is 5. The number of rotatable bonds is 15. The fourth-order valence-electron chi connectivity index (χ4n) is 6.02. The molecular formula is C47H47NO10. The number of esters is 1. The van der Waals surface area contributed by atoms with Crippen LogP contribution in [0.1, 0.15) is 57.7 Å².